The highest BCUT2D eigenvalue weighted by Crippen LogP contribution is 2.24. The number of nitrogens with zero attached hydrogens (tertiary/aromatic N) is 1. The van der Waals surface area contributed by atoms with Gasteiger partial charge in [0.05, 0.1) is 22.5 Å². The van der Waals surface area contributed by atoms with Crippen LogP contribution in [0, 0.1) is 0 Å². The topological polar surface area (TPSA) is 66.5 Å². The van der Waals surface area contributed by atoms with Gasteiger partial charge in [0.2, 0.25) is 10.0 Å². The quantitative estimate of drug-likeness (QED) is 0.856. The van der Waals surface area contributed by atoms with E-state index >= 15 is 0 Å². The minimum absolute atomic E-state index is 0.166. The number of hydrogen-bond acceptors (Lipinski definition) is 3. The number of nitrogens with one attached hydrogen (secondary N) is 1. The van der Waals surface area contributed by atoms with Crippen molar-refractivity contribution in [2.75, 3.05) is 17.6 Å². The van der Waals surface area contributed by atoms with E-state index in [0.717, 1.165) is 16.1 Å². The molecule has 0 saturated carbocycles. The molecule has 0 saturated heterocycles. The number of sulfonamides is 1. The van der Waals surface area contributed by atoms with Gasteiger partial charge in [-0.3, -0.25) is 9.10 Å². The number of carbonyl (C=O) groups excluding carboxylic acids is 1. The Morgan fingerprint density at radius 2 is 1.79 bits per heavy atom. The Balaban J connectivity index is 2.15. The molecule has 0 aromatic heterocycles. The summed E-state index contributed by atoms with van der Waals surface area (Å²) < 4.78 is 24.2. The maximum Gasteiger partial charge on any atom is 0.253 e. The van der Waals surface area contributed by atoms with Crippen molar-refractivity contribution >= 4 is 44.8 Å². The Labute approximate surface area is 151 Å². The Morgan fingerprint density at radius 3 is 2.38 bits per heavy atom. The maximum atomic E-state index is 12.3. The van der Waals surface area contributed by atoms with Gasteiger partial charge >= 0.3 is 0 Å². The van der Waals surface area contributed by atoms with Crippen LogP contribution in [-0.2, 0) is 16.6 Å². The Morgan fingerprint density at radius 1 is 1.12 bits per heavy atom. The fourth-order valence-electron chi connectivity index (χ4n) is 1.99. The van der Waals surface area contributed by atoms with Crippen molar-refractivity contribution in [2.24, 2.45) is 0 Å². The third-order valence-electron chi connectivity index (χ3n) is 3.46. The van der Waals surface area contributed by atoms with E-state index in [-0.39, 0.29) is 23.0 Å². The zero-order valence-corrected chi connectivity index (χ0v) is 15.4. The summed E-state index contributed by atoms with van der Waals surface area (Å²) in [4.78, 5) is 12.3. The van der Waals surface area contributed by atoms with Crippen LogP contribution in [0.4, 0.5) is 5.69 Å². The summed E-state index contributed by atoms with van der Waals surface area (Å²) in [6, 6.07) is 11.6. The summed E-state index contributed by atoms with van der Waals surface area (Å²) in [7, 11) is -1.98. The SMILES string of the molecule is CN(c1ccc(C(=O)NCc2ccccc2Cl)c(Cl)c1)S(C)(=O)=O. The van der Waals surface area contributed by atoms with Crippen LogP contribution in [0.2, 0.25) is 10.0 Å². The third-order valence-corrected chi connectivity index (χ3v) is 5.34. The van der Waals surface area contributed by atoms with Crippen molar-refractivity contribution in [1.82, 2.24) is 5.32 Å². The molecule has 0 radical (unpaired) electrons. The van der Waals surface area contributed by atoms with Crippen molar-refractivity contribution in [3.8, 4) is 0 Å². The second-order valence-corrected chi connectivity index (χ2v) is 8.00. The monoisotopic (exact) mass is 386 g/mol. The van der Waals surface area contributed by atoms with E-state index in [1.54, 1.807) is 6.07 Å². The minimum Gasteiger partial charge on any atom is -0.348 e. The first-order chi connectivity index (χ1) is 11.2. The summed E-state index contributed by atoms with van der Waals surface area (Å²) in [5.74, 6) is -0.367. The predicted molar refractivity (Wildman–Crippen MR) is 97.3 cm³/mol. The molecule has 8 heteroatoms. The lowest BCUT2D eigenvalue weighted by Gasteiger charge is -2.17. The lowest BCUT2D eigenvalue weighted by atomic mass is 10.1. The molecule has 2 rings (SSSR count). The molecule has 0 bridgehead atoms. The Hall–Kier alpha value is -1.76. The molecule has 2 aromatic carbocycles. The predicted octanol–water partition coefficient (Wildman–Crippen LogP) is 3.32. The van der Waals surface area contributed by atoms with Crippen molar-refractivity contribution < 1.29 is 13.2 Å². The second-order valence-electron chi connectivity index (χ2n) is 5.17. The van der Waals surface area contributed by atoms with Gasteiger partial charge in [-0.05, 0) is 29.8 Å². The van der Waals surface area contributed by atoms with Crippen LogP contribution < -0.4 is 9.62 Å². The van der Waals surface area contributed by atoms with Crippen LogP contribution in [0.5, 0.6) is 0 Å². The number of amides is 1. The minimum atomic E-state index is -3.40. The standard InChI is InChI=1S/C16H16Cl2N2O3S/c1-20(24(2,22)23)12-7-8-13(15(18)9-12)16(21)19-10-11-5-3-4-6-14(11)17/h3-9H,10H2,1-2H3,(H,19,21). The zero-order chi connectivity index (χ0) is 17.9. The van der Waals surface area contributed by atoms with Crippen LogP contribution in [0.3, 0.4) is 0 Å². The van der Waals surface area contributed by atoms with Gasteiger partial charge in [-0.1, -0.05) is 41.4 Å². The molecule has 2 aromatic rings. The van der Waals surface area contributed by atoms with Crippen molar-refractivity contribution in [2.45, 2.75) is 6.54 Å². The zero-order valence-electron chi connectivity index (χ0n) is 13.1. The van der Waals surface area contributed by atoms with E-state index < -0.39 is 10.0 Å². The van der Waals surface area contributed by atoms with Crippen molar-refractivity contribution in [3.05, 3.63) is 63.6 Å². The molecule has 128 valence electrons. The normalized spacial score (nSPS) is 11.2. The molecule has 0 aliphatic rings. The molecule has 5 nitrogen and oxygen atoms in total. The lowest BCUT2D eigenvalue weighted by Crippen LogP contribution is -2.26. The number of hydrogen-bond donors (Lipinski definition) is 1. The Bertz CT molecular complexity index is 869. The van der Waals surface area contributed by atoms with Gasteiger partial charge in [-0.25, -0.2) is 8.42 Å². The van der Waals surface area contributed by atoms with Crippen LogP contribution in [-0.4, -0.2) is 27.6 Å². The fourth-order valence-corrected chi connectivity index (χ4v) is 2.95. The molecular formula is C16H16Cl2N2O3S. The molecule has 1 amide bonds. The highest BCUT2D eigenvalue weighted by atomic mass is 35.5. The van der Waals surface area contributed by atoms with Crippen molar-refractivity contribution in [3.63, 3.8) is 0 Å². The first kappa shape index (κ1) is 18.6. The van der Waals surface area contributed by atoms with Gasteiger partial charge in [0, 0.05) is 18.6 Å². The first-order valence-electron chi connectivity index (χ1n) is 6.95. The molecule has 0 fully saturated rings. The van der Waals surface area contributed by atoms with Gasteiger partial charge in [0.25, 0.3) is 5.91 Å². The average molecular weight is 387 g/mol. The first-order valence-corrected chi connectivity index (χ1v) is 9.55. The summed E-state index contributed by atoms with van der Waals surface area (Å²) in [5.41, 5.74) is 1.43. The highest BCUT2D eigenvalue weighted by molar-refractivity contribution is 7.92. The molecule has 1 N–H and O–H groups in total. The highest BCUT2D eigenvalue weighted by Gasteiger charge is 2.16. The molecule has 0 heterocycles. The van der Waals surface area contributed by atoms with E-state index in [4.69, 9.17) is 23.2 Å². The largest absolute Gasteiger partial charge is 0.348 e. The number of carbonyl (C=O) groups is 1. The second kappa shape index (κ2) is 7.42. The van der Waals surface area contributed by atoms with E-state index in [2.05, 4.69) is 5.32 Å². The van der Waals surface area contributed by atoms with Gasteiger partial charge in [0.15, 0.2) is 0 Å². The molecule has 0 atom stereocenters. The molecule has 0 unspecified atom stereocenters. The molecule has 24 heavy (non-hydrogen) atoms. The summed E-state index contributed by atoms with van der Waals surface area (Å²) in [6.45, 7) is 0.264. The van der Waals surface area contributed by atoms with Gasteiger partial charge in [-0.15, -0.1) is 0 Å². The van der Waals surface area contributed by atoms with Crippen LogP contribution in [0.1, 0.15) is 15.9 Å². The fraction of sp³-hybridized carbons (Fsp3) is 0.188. The maximum absolute atomic E-state index is 12.3. The lowest BCUT2D eigenvalue weighted by molar-refractivity contribution is 0.0951. The van der Waals surface area contributed by atoms with E-state index in [0.29, 0.717) is 10.7 Å². The summed E-state index contributed by atoms with van der Waals surface area (Å²) in [5, 5.41) is 3.47. The van der Waals surface area contributed by atoms with Gasteiger partial charge in [0.1, 0.15) is 0 Å². The van der Waals surface area contributed by atoms with E-state index in [1.807, 2.05) is 18.2 Å². The Kier molecular flexibility index (Phi) is 5.74. The summed E-state index contributed by atoms with van der Waals surface area (Å²) in [6.07, 6.45) is 1.09. The van der Waals surface area contributed by atoms with Crippen LogP contribution in [0.25, 0.3) is 0 Å². The molecular weight excluding hydrogens is 371 g/mol. The van der Waals surface area contributed by atoms with E-state index in [9.17, 15) is 13.2 Å². The van der Waals surface area contributed by atoms with Crippen LogP contribution >= 0.6 is 23.2 Å². The average Bonchev–Trinajstić information content (AvgIpc) is 2.52. The molecule has 0 spiro atoms. The van der Waals surface area contributed by atoms with Gasteiger partial charge < -0.3 is 5.32 Å². The van der Waals surface area contributed by atoms with E-state index in [1.165, 1.54) is 25.2 Å². The molecule has 0 aliphatic carbocycles. The number of benzene rings is 2. The van der Waals surface area contributed by atoms with Crippen molar-refractivity contribution in [1.29, 1.82) is 0 Å². The molecule has 0 aliphatic heterocycles. The number of anilines is 1. The number of halogens is 2. The van der Waals surface area contributed by atoms with Crippen LogP contribution in [0.15, 0.2) is 42.5 Å². The smallest absolute Gasteiger partial charge is 0.253 e. The third kappa shape index (κ3) is 4.41. The van der Waals surface area contributed by atoms with Gasteiger partial charge in [-0.2, -0.15) is 0 Å². The number of rotatable bonds is 5. The summed E-state index contributed by atoms with van der Waals surface area (Å²) >= 11 is 12.2.